The van der Waals surface area contributed by atoms with Gasteiger partial charge in [0.25, 0.3) is 0 Å². The summed E-state index contributed by atoms with van der Waals surface area (Å²) in [5, 5.41) is 11.9. The van der Waals surface area contributed by atoms with Crippen LogP contribution in [0.5, 0.6) is 0 Å². The predicted molar refractivity (Wildman–Crippen MR) is 95.6 cm³/mol. The van der Waals surface area contributed by atoms with E-state index in [0.29, 0.717) is 5.17 Å². The first-order valence-corrected chi connectivity index (χ1v) is 8.28. The van der Waals surface area contributed by atoms with Gasteiger partial charge in [-0.25, -0.2) is 9.98 Å². The van der Waals surface area contributed by atoms with Crippen LogP contribution in [0.15, 0.2) is 47.5 Å². The minimum atomic E-state index is 0.567. The molecular formula is C17H15N5S. The topological polar surface area (TPSA) is 76.9 Å². The average molecular weight is 321 g/mol. The standard InChI is InChI=1S/C17H15N5S/c1-11-12(16-20-14-7-3-4-8-15(14)21-16)6-5-9-13(11)22-17(23-2)19-10-18/h3-9H,1-2H3,(H,19,22)(H,20,21). The number of para-hydroxylation sites is 2. The first kappa shape index (κ1) is 15.1. The Morgan fingerprint density at radius 2 is 2.09 bits per heavy atom. The molecule has 0 aliphatic carbocycles. The van der Waals surface area contributed by atoms with Gasteiger partial charge in [0.15, 0.2) is 11.4 Å². The third kappa shape index (κ3) is 3.05. The van der Waals surface area contributed by atoms with Crippen molar-refractivity contribution in [1.82, 2.24) is 15.3 Å². The van der Waals surface area contributed by atoms with Crippen molar-refractivity contribution in [2.45, 2.75) is 6.92 Å². The van der Waals surface area contributed by atoms with Crippen molar-refractivity contribution < 1.29 is 0 Å². The minimum absolute atomic E-state index is 0.567. The molecule has 0 aliphatic heterocycles. The van der Waals surface area contributed by atoms with E-state index in [1.54, 1.807) is 0 Å². The second kappa shape index (κ2) is 6.55. The van der Waals surface area contributed by atoms with Crippen LogP contribution in [0, 0.1) is 18.4 Å². The predicted octanol–water partition coefficient (Wildman–Crippen LogP) is 3.96. The lowest BCUT2D eigenvalue weighted by molar-refractivity contribution is 1.26. The molecule has 23 heavy (non-hydrogen) atoms. The highest BCUT2D eigenvalue weighted by Crippen LogP contribution is 2.30. The molecule has 2 aromatic carbocycles. The third-order valence-electron chi connectivity index (χ3n) is 3.53. The highest BCUT2D eigenvalue weighted by molar-refractivity contribution is 8.13. The molecule has 0 bridgehead atoms. The molecule has 0 fully saturated rings. The van der Waals surface area contributed by atoms with Crippen molar-refractivity contribution >= 4 is 33.7 Å². The number of thioether (sulfide) groups is 1. The number of fused-ring (bicyclic) bond motifs is 1. The first-order chi connectivity index (χ1) is 11.2. The number of rotatable bonds is 2. The molecule has 0 aliphatic rings. The Bertz CT molecular complexity index is 887. The Morgan fingerprint density at radius 1 is 1.26 bits per heavy atom. The fourth-order valence-electron chi connectivity index (χ4n) is 2.36. The van der Waals surface area contributed by atoms with E-state index >= 15 is 0 Å². The number of aromatic nitrogens is 2. The Kier molecular flexibility index (Phi) is 4.31. The number of amidine groups is 1. The van der Waals surface area contributed by atoms with E-state index in [-0.39, 0.29) is 0 Å². The fraction of sp³-hybridized carbons (Fsp3) is 0.118. The van der Waals surface area contributed by atoms with Gasteiger partial charge in [-0.05, 0) is 36.9 Å². The quantitative estimate of drug-likeness (QED) is 0.324. The summed E-state index contributed by atoms with van der Waals surface area (Å²) >= 11 is 1.40. The fourth-order valence-corrected chi connectivity index (χ4v) is 2.70. The maximum atomic E-state index is 8.76. The number of hydrogen-bond acceptors (Lipinski definition) is 4. The Morgan fingerprint density at radius 3 is 2.83 bits per heavy atom. The monoisotopic (exact) mass is 321 g/mol. The number of aliphatic imine (C=N–C) groups is 1. The SMILES string of the molecule is CSC(=Nc1cccc(-c2nc3ccccc3[nH]2)c1C)NC#N. The van der Waals surface area contributed by atoms with Gasteiger partial charge >= 0.3 is 0 Å². The van der Waals surface area contributed by atoms with Crippen LogP contribution in [0.4, 0.5) is 5.69 Å². The van der Waals surface area contributed by atoms with Crippen LogP contribution >= 0.6 is 11.8 Å². The van der Waals surface area contributed by atoms with E-state index in [4.69, 9.17) is 5.26 Å². The van der Waals surface area contributed by atoms with Crippen LogP contribution < -0.4 is 5.32 Å². The molecule has 2 N–H and O–H groups in total. The van der Waals surface area contributed by atoms with Crippen molar-refractivity contribution in [3.05, 3.63) is 48.0 Å². The number of hydrogen-bond donors (Lipinski definition) is 2. The van der Waals surface area contributed by atoms with Crippen molar-refractivity contribution in [3.63, 3.8) is 0 Å². The van der Waals surface area contributed by atoms with Crippen LogP contribution in [-0.4, -0.2) is 21.4 Å². The van der Waals surface area contributed by atoms with Crippen LogP contribution in [0.1, 0.15) is 5.56 Å². The number of benzene rings is 2. The van der Waals surface area contributed by atoms with Gasteiger partial charge in [-0.1, -0.05) is 36.0 Å². The second-order valence-electron chi connectivity index (χ2n) is 4.91. The van der Waals surface area contributed by atoms with Gasteiger partial charge in [-0.3, -0.25) is 5.32 Å². The van der Waals surface area contributed by atoms with Crippen molar-refractivity contribution in [3.8, 4) is 17.6 Å². The zero-order valence-corrected chi connectivity index (χ0v) is 13.6. The molecule has 0 atom stereocenters. The number of H-pyrrole nitrogens is 1. The van der Waals surface area contributed by atoms with E-state index in [0.717, 1.165) is 33.7 Å². The van der Waals surface area contributed by atoms with Crippen molar-refractivity contribution in [1.29, 1.82) is 5.26 Å². The van der Waals surface area contributed by atoms with E-state index in [2.05, 4.69) is 20.3 Å². The zero-order valence-electron chi connectivity index (χ0n) is 12.8. The van der Waals surface area contributed by atoms with Gasteiger partial charge < -0.3 is 4.98 Å². The van der Waals surface area contributed by atoms with Gasteiger partial charge in [0.2, 0.25) is 0 Å². The maximum absolute atomic E-state index is 8.76. The molecule has 0 saturated heterocycles. The number of aromatic amines is 1. The normalized spacial score (nSPS) is 11.4. The summed E-state index contributed by atoms with van der Waals surface area (Å²) in [5.41, 5.74) is 4.77. The van der Waals surface area contributed by atoms with Gasteiger partial charge in [-0.15, -0.1) is 0 Å². The third-order valence-corrected chi connectivity index (χ3v) is 4.11. The lowest BCUT2D eigenvalue weighted by Crippen LogP contribution is -2.12. The zero-order chi connectivity index (χ0) is 16.2. The number of nitriles is 1. The molecule has 0 saturated carbocycles. The number of nitrogens with one attached hydrogen (secondary N) is 2. The molecule has 0 amide bonds. The van der Waals surface area contributed by atoms with Gasteiger partial charge in [-0.2, -0.15) is 5.26 Å². The largest absolute Gasteiger partial charge is 0.338 e. The summed E-state index contributed by atoms with van der Waals surface area (Å²) in [7, 11) is 0. The summed E-state index contributed by atoms with van der Waals surface area (Å²) < 4.78 is 0. The molecule has 3 aromatic rings. The molecule has 6 heteroatoms. The molecule has 0 unspecified atom stereocenters. The Labute approximate surface area is 138 Å². The second-order valence-corrected chi connectivity index (χ2v) is 5.71. The smallest absolute Gasteiger partial charge is 0.183 e. The lowest BCUT2D eigenvalue weighted by atomic mass is 10.1. The molecule has 0 spiro atoms. The number of imidazole rings is 1. The highest BCUT2D eigenvalue weighted by Gasteiger charge is 2.10. The summed E-state index contributed by atoms with van der Waals surface area (Å²) in [6.07, 6.45) is 3.78. The van der Waals surface area contributed by atoms with Crippen LogP contribution in [0.2, 0.25) is 0 Å². The van der Waals surface area contributed by atoms with E-state index in [1.165, 1.54) is 11.8 Å². The molecular weight excluding hydrogens is 306 g/mol. The van der Waals surface area contributed by atoms with Crippen molar-refractivity contribution in [2.24, 2.45) is 4.99 Å². The molecule has 5 nitrogen and oxygen atoms in total. The van der Waals surface area contributed by atoms with Crippen LogP contribution in [0.3, 0.4) is 0 Å². The van der Waals surface area contributed by atoms with Crippen LogP contribution in [-0.2, 0) is 0 Å². The lowest BCUT2D eigenvalue weighted by Gasteiger charge is -2.07. The molecule has 114 valence electrons. The molecule has 1 aromatic heterocycles. The molecule has 3 rings (SSSR count). The summed E-state index contributed by atoms with van der Waals surface area (Å²) in [6.45, 7) is 2.01. The maximum Gasteiger partial charge on any atom is 0.183 e. The molecule has 1 heterocycles. The van der Waals surface area contributed by atoms with Gasteiger partial charge in [0, 0.05) is 5.56 Å². The minimum Gasteiger partial charge on any atom is -0.338 e. The average Bonchev–Trinajstić information content (AvgIpc) is 2.99. The summed E-state index contributed by atoms with van der Waals surface area (Å²) in [6, 6.07) is 13.8. The van der Waals surface area contributed by atoms with Crippen molar-refractivity contribution in [2.75, 3.05) is 6.26 Å². The van der Waals surface area contributed by atoms with E-state index < -0.39 is 0 Å². The van der Waals surface area contributed by atoms with Gasteiger partial charge in [0.1, 0.15) is 5.82 Å². The Hall–Kier alpha value is -2.78. The summed E-state index contributed by atoms with van der Waals surface area (Å²) in [5.74, 6) is 0.819. The molecule has 0 radical (unpaired) electrons. The van der Waals surface area contributed by atoms with E-state index in [1.807, 2.05) is 61.8 Å². The van der Waals surface area contributed by atoms with E-state index in [9.17, 15) is 0 Å². The Balaban J connectivity index is 2.07. The number of nitrogens with zero attached hydrogens (tertiary/aromatic N) is 3. The highest BCUT2D eigenvalue weighted by atomic mass is 32.2. The summed E-state index contributed by atoms with van der Waals surface area (Å²) in [4.78, 5) is 12.5. The van der Waals surface area contributed by atoms with Gasteiger partial charge in [0.05, 0.1) is 16.7 Å². The van der Waals surface area contributed by atoms with Crippen LogP contribution in [0.25, 0.3) is 22.4 Å². The first-order valence-electron chi connectivity index (χ1n) is 7.05.